The van der Waals surface area contributed by atoms with Crippen molar-refractivity contribution in [3.63, 3.8) is 0 Å². The summed E-state index contributed by atoms with van der Waals surface area (Å²) < 4.78 is 26.1. The second kappa shape index (κ2) is 8.27. The van der Waals surface area contributed by atoms with Gasteiger partial charge in [0.25, 0.3) is 0 Å². The van der Waals surface area contributed by atoms with Crippen molar-refractivity contribution in [3.8, 4) is 6.07 Å². The number of unbranched alkanes of at least 4 members (excludes halogenated alkanes) is 1. The Hall–Kier alpha value is -1.91. The molecule has 0 radical (unpaired) electrons. The summed E-state index contributed by atoms with van der Waals surface area (Å²) >= 11 is 0. The van der Waals surface area contributed by atoms with Crippen molar-refractivity contribution in [2.45, 2.75) is 32.6 Å². The highest BCUT2D eigenvalue weighted by Gasteiger charge is 2.31. The SMILES string of the molecule is CCCCS(=O)(=O)N1CCC[C@@H](C(=O)Nc2ccc(C#N)cc2)C1. The molecule has 1 amide bonds. The number of amides is 1. The predicted octanol–water partition coefficient (Wildman–Crippen LogP) is 2.34. The number of anilines is 1. The van der Waals surface area contributed by atoms with Crippen LogP contribution in [0.25, 0.3) is 0 Å². The van der Waals surface area contributed by atoms with E-state index in [4.69, 9.17) is 5.26 Å². The molecule has 1 aliphatic heterocycles. The van der Waals surface area contributed by atoms with Crippen molar-refractivity contribution in [2.75, 3.05) is 24.2 Å². The minimum absolute atomic E-state index is 0.146. The van der Waals surface area contributed by atoms with Gasteiger partial charge in [0.05, 0.1) is 23.3 Å². The van der Waals surface area contributed by atoms with Gasteiger partial charge in [-0.3, -0.25) is 4.79 Å². The van der Waals surface area contributed by atoms with Crippen LogP contribution in [0.15, 0.2) is 24.3 Å². The molecule has 1 atom stereocenters. The van der Waals surface area contributed by atoms with Crippen LogP contribution in [0, 0.1) is 17.2 Å². The Morgan fingerprint density at radius 3 is 2.71 bits per heavy atom. The number of carbonyl (C=O) groups is 1. The van der Waals surface area contributed by atoms with Crippen LogP contribution in [0.3, 0.4) is 0 Å². The molecule has 0 spiro atoms. The first-order valence-corrected chi connectivity index (χ1v) is 9.86. The van der Waals surface area contributed by atoms with Crippen LogP contribution < -0.4 is 5.32 Å². The second-order valence-corrected chi connectivity index (χ2v) is 8.13. The largest absolute Gasteiger partial charge is 0.326 e. The number of rotatable bonds is 6. The zero-order chi connectivity index (χ0) is 17.6. The number of benzene rings is 1. The van der Waals surface area contributed by atoms with Gasteiger partial charge in [0, 0.05) is 18.8 Å². The number of nitrogens with one attached hydrogen (secondary N) is 1. The van der Waals surface area contributed by atoms with Crippen LogP contribution in [0.5, 0.6) is 0 Å². The lowest BCUT2D eigenvalue weighted by molar-refractivity contribution is -0.120. The molecule has 0 unspecified atom stereocenters. The second-order valence-electron chi connectivity index (χ2n) is 6.05. The topological polar surface area (TPSA) is 90.3 Å². The molecule has 0 aromatic heterocycles. The van der Waals surface area contributed by atoms with E-state index >= 15 is 0 Å². The monoisotopic (exact) mass is 349 g/mol. The Bertz CT molecular complexity index is 708. The van der Waals surface area contributed by atoms with Gasteiger partial charge in [0.1, 0.15) is 0 Å². The van der Waals surface area contributed by atoms with E-state index in [9.17, 15) is 13.2 Å². The van der Waals surface area contributed by atoms with Crippen molar-refractivity contribution in [1.29, 1.82) is 5.26 Å². The van der Waals surface area contributed by atoms with Crippen LogP contribution in [-0.4, -0.2) is 37.5 Å². The molecule has 24 heavy (non-hydrogen) atoms. The van der Waals surface area contributed by atoms with E-state index in [1.807, 2.05) is 13.0 Å². The lowest BCUT2D eigenvalue weighted by Crippen LogP contribution is -2.44. The van der Waals surface area contributed by atoms with Gasteiger partial charge < -0.3 is 5.32 Å². The zero-order valence-corrected chi connectivity index (χ0v) is 14.7. The third-order valence-corrected chi connectivity index (χ3v) is 6.11. The lowest BCUT2D eigenvalue weighted by Gasteiger charge is -2.31. The fourth-order valence-electron chi connectivity index (χ4n) is 2.74. The minimum Gasteiger partial charge on any atom is -0.326 e. The molecule has 0 saturated carbocycles. The van der Waals surface area contributed by atoms with Gasteiger partial charge in [-0.15, -0.1) is 0 Å². The molecule has 1 aromatic carbocycles. The van der Waals surface area contributed by atoms with Gasteiger partial charge in [-0.25, -0.2) is 12.7 Å². The number of piperidine rings is 1. The molecule has 0 bridgehead atoms. The highest BCUT2D eigenvalue weighted by Crippen LogP contribution is 2.22. The highest BCUT2D eigenvalue weighted by atomic mass is 32.2. The normalized spacial score (nSPS) is 18.8. The molecule has 6 nitrogen and oxygen atoms in total. The summed E-state index contributed by atoms with van der Waals surface area (Å²) in [4.78, 5) is 12.4. The molecule has 1 aromatic rings. The van der Waals surface area contributed by atoms with Crippen LogP contribution >= 0.6 is 0 Å². The molecular formula is C17H23N3O3S. The Labute approximate surface area is 143 Å². The van der Waals surface area contributed by atoms with E-state index in [2.05, 4.69) is 5.32 Å². The maximum absolute atomic E-state index is 12.4. The number of nitrogens with zero attached hydrogens (tertiary/aromatic N) is 2. The van der Waals surface area contributed by atoms with Crippen molar-refractivity contribution >= 4 is 21.6 Å². The molecule has 0 aliphatic carbocycles. The van der Waals surface area contributed by atoms with Gasteiger partial charge >= 0.3 is 0 Å². The van der Waals surface area contributed by atoms with Crippen LogP contribution in [0.2, 0.25) is 0 Å². The van der Waals surface area contributed by atoms with E-state index in [1.54, 1.807) is 24.3 Å². The summed E-state index contributed by atoms with van der Waals surface area (Å²) in [5.41, 5.74) is 1.14. The van der Waals surface area contributed by atoms with Gasteiger partial charge in [-0.2, -0.15) is 5.26 Å². The van der Waals surface area contributed by atoms with Gasteiger partial charge in [-0.05, 0) is 43.5 Å². The molecule has 1 aliphatic rings. The molecule has 1 fully saturated rings. The first-order chi connectivity index (χ1) is 11.5. The van der Waals surface area contributed by atoms with Crippen LogP contribution in [-0.2, 0) is 14.8 Å². The van der Waals surface area contributed by atoms with E-state index in [0.717, 1.165) is 6.42 Å². The molecule has 1 saturated heterocycles. The summed E-state index contributed by atoms with van der Waals surface area (Å²) in [7, 11) is -3.28. The minimum atomic E-state index is -3.28. The number of sulfonamides is 1. The molecule has 2 rings (SSSR count). The highest BCUT2D eigenvalue weighted by molar-refractivity contribution is 7.89. The molecular weight excluding hydrogens is 326 g/mol. The standard InChI is InChI=1S/C17H23N3O3S/c1-2-3-11-24(22,23)20-10-4-5-15(13-20)17(21)19-16-8-6-14(12-18)7-9-16/h6-9,15H,2-5,10-11,13H2,1H3,(H,19,21)/t15-/m1/s1. The fraction of sp³-hybridized carbons (Fsp3) is 0.529. The maximum Gasteiger partial charge on any atom is 0.228 e. The third-order valence-electron chi connectivity index (χ3n) is 4.19. The van der Waals surface area contributed by atoms with E-state index in [-0.39, 0.29) is 24.1 Å². The van der Waals surface area contributed by atoms with Gasteiger partial charge in [0.2, 0.25) is 15.9 Å². The number of carbonyl (C=O) groups excluding carboxylic acids is 1. The first-order valence-electron chi connectivity index (χ1n) is 8.25. The quantitative estimate of drug-likeness (QED) is 0.853. The Balaban J connectivity index is 1.98. The fourth-order valence-corrected chi connectivity index (χ4v) is 4.46. The smallest absolute Gasteiger partial charge is 0.228 e. The van der Waals surface area contributed by atoms with Crippen molar-refractivity contribution in [3.05, 3.63) is 29.8 Å². The van der Waals surface area contributed by atoms with Crippen molar-refractivity contribution in [1.82, 2.24) is 4.31 Å². The zero-order valence-electron chi connectivity index (χ0n) is 13.9. The number of hydrogen-bond donors (Lipinski definition) is 1. The van der Waals surface area contributed by atoms with Crippen molar-refractivity contribution in [2.24, 2.45) is 5.92 Å². The molecule has 1 heterocycles. The van der Waals surface area contributed by atoms with Crippen LogP contribution in [0.1, 0.15) is 38.2 Å². The molecule has 7 heteroatoms. The summed E-state index contributed by atoms with van der Waals surface area (Å²) in [6, 6.07) is 8.65. The molecule has 130 valence electrons. The first kappa shape index (κ1) is 18.4. The Morgan fingerprint density at radius 1 is 1.38 bits per heavy atom. The Morgan fingerprint density at radius 2 is 2.08 bits per heavy atom. The number of nitriles is 1. The van der Waals surface area contributed by atoms with E-state index < -0.39 is 10.0 Å². The molecule has 1 N–H and O–H groups in total. The summed E-state index contributed by atoms with van der Waals surface area (Å²) in [6.45, 7) is 2.69. The average molecular weight is 349 g/mol. The van der Waals surface area contributed by atoms with Gasteiger partial charge in [-0.1, -0.05) is 13.3 Å². The lowest BCUT2D eigenvalue weighted by atomic mass is 9.98. The Kier molecular flexibility index (Phi) is 6.35. The van der Waals surface area contributed by atoms with Crippen LogP contribution in [0.4, 0.5) is 5.69 Å². The summed E-state index contributed by atoms with van der Waals surface area (Å²) in [6.07, 6.45) is 2.84. The predicted molar refractivity (Wildman–Crippen MR) is 92.8 cm³/mol. The summed E-state index contributed by atoms with van der Waals surface area (Å²) in [5.74, 6) is -0.367. The van der Waals surface area contributed by atoms with Crippen molar-refractivity contribution < 1.29 is 13.2 Å². The third kappa shape index (κ3) is 4.79. The average Bonchev–Trinajstić information content (AvgIpc) is 2.61. The number of hydrogen-bond acceptors (Lipinski definition) is 4. The summed E-state index contributed by atoms with van der Waals surface area (Å²) in [5, 5.41) is 11.6. The van der Waals surface area contributed by atoms with E-state index in [0.29, 0.717) is 37.1 Å². The maximum atomic E-state index is 12.4. The van der Waals surface area contributed by atoms with E-state index in [1.165, 1.54) is 4.31 Å². The van der Waals surface area contributed by atoms with Gasteiger partial charge in [0.15, 0.2) is 0 Å².